The topological polar surface area (TPSA) is 38.9 Å². The average molecular weight is 136 g/mol. The predicted molar refractivity (Wildman–Crippen MR) is 42.8 cm³/mol. The highest BCUT2D eigenvalue weighted by atomic mass is 14.7. The van der Waals surface area contributed by atoms with Crippen molar-refractivity contribution in [1.82, 2.24) is 4.98 Å². The van der Waals surface area contributed by atoms with Gasteiger partial charge in [-0.25, -0.2) is 0 Å². The van der Waals surface area contributed by atoms with Gasteiger partial charge in [0, 0.05) is 17.6 Å². The van der Waals surface area contributed by atoms with Gasteiger partial charge in [0.25, 0.3) is 0 Å². The van der Waals surface area contributed by atoms with Crippen LogP contribution in [0.4, 0.5) is 5.69 Å². The van der Waals surface area contributed by atoms with E-state index in [1.54, 1.807) is 6.20 Å². The second kappa shape index (κ2) is 2.69. The first-order valence-corrected chi connectivity index (χ1v) is 3.45. The number of nitrogen functional groups attached to an aromatic ring is 1. The highest BCUT2D eigenvalue weighted by Gasteiger charge is 1.98. The molecule has 0 aliphatic rings. The first-order chi connectivity index (χ1) is 4.75. The van der Waals surface area contributed by atoms with Gasteiger partial charge in [-0.05, 0) is 25.0 Å². The lowest BCUT2D eigenvalue weighted by molar-refractivity contribution is 1.01. The SMILES string of the molecule is CCc1nccc(N)c1C. The van der Waals surface area contributed by atoms with Gasteiger partial charge in [-0.3, -0.25) is 4.98 Å². The van der Waals surface area contributed by atoms with Crippen molar-refractivity contribution in [1.29, 1.82) is 0 Å². The van der Waals surface area contributed by atoms with Crippen LogP contribution >= 0.6 is 0 Å². The average Bonchev–Trinajstić information content (AvgIpc) is 1.95. The standard InChI is InChI=1S/C8H12N2/c1-3-8-6(2)7(9)4-5-10-8/h4-5H,3H2,1-2H3,(H2,9,10). The zero-order valence-corrected chi connectivity index (χ0v) is 6.39. The van der Waals surface area contributed by atoms with E-state index in [-0.39, 0.29) is 0 Å². The lowest BCUT2D eigenvalue weighted by Crippen LogP contribution is -1.96. The monoisotopic (exact) mass is 136 g/mol. The molecule has 0 aliphatic carbocycles. The quantitative estimate of drug-likeness (QED) is 0.636. The van der Waals surface area contributed by atoms with Crippen molar-refractivity contribution >= 4 is 5.69 Å². The van der Waals surface area contributed by atoms with Crippen LogP contribution in [0, 0.1) is 6.92 Å². The highest BCUT2D eigenvalue weighted by Crippen LogP contribution is 2.12. The molecule has 1 rings (SSSR count). The number of rotatable bonds is 1. The molecule has 0 unspecified atom stereocenters. The molecular formula is C8H12N2. The fraction of sp³-hybridized carbons (Fsp3) is 0.375. The van der Waals surface area contributed by atoms with Gasteiger partial charge in [0.2, 0.25) is 0 Å². The van der Waals surface area contributed by atoms with Crippen LogP contribution in [-0.4, -0.2) is 4.98 Å². The molecule has 2 N–H and O–H groups in total. The molecular weight excluding hydrogens is 124 g/mol. The van der Waals surface area contributed by atoms with Gasteiger partial charge in [0.05, 0.1) is 0 Å². The Hall–Kier alpha value is -1.05. The number of nitrogens with two attached hydrogens (primary N) is 1. The van der Waals surface area contributed by atoms with E-state index in [2.05, 4.69) is 11.9 Å². The van der Waals surface area contributed by atoms with E-state index in [1.807, 2.05) is 13.0 Å². The number of pyridine rings is 1. The maximum Gasteiger partial charge on any atom is 0.0450 e. The number of hydrogen-bond donors (Lipinski definition) is 1. The Morgan fingerprint density at radius 1 is 1.60 bits per heavy atom. The summed E-state index contributed by atoms with van der Waals surface area (Å²) in [7, 11) is 0. The Bertz CT molecular complexity index is 231. The van der Waals surface area contributed by atoms with Crippen molar-refractivity contribution in [2.24, 2.45) is 0 Å². The molecule has 0 spiro atoms. The molecule has 0 amide bonds. The third-order valence-electron chi connectivity index (χ3n) is 1.69. The van der Waals surface area contributed by atoms with E-state index in [9.17, 15) is 0 Å². The summed E-state index contributed by atoms with van der Waals surface area (Å²) in [5, 5.41) is 0. The third-order valence-corrected chi connectivity index (χ3v) is 1.69. The normalized spacial score (nSPS) is 9.80. The summed E-state index contributed by atoms with van der Waals surface area (Å²) in [6.45, 7) is 4.08. The summed E-state index contributed by atoms with van der Waals surface area (Å²) < 4.78 is 0. The second-order valence-electron chi connectivity index (χ2n) is 2.33. The highest BCUT2D eigenvalue weighted by molar-refractivity contribution is 5.46. The Labute approximate surface area is 61.1 Å². The second-order valence-corrected chi connectivity index (χ2v) is 2.33. The van der Waals surface area contributed by atoms with Gasteiger partial charge in [-0.2, -0.15) is 0 Å². The van der Waals surface area contributed by atoms with Crippen molar-refractivity contribution in [2.75, 3.05) is 5.73 Å². The minimum atomic E-state index is 0.840. The molecule has 1 aromatic rings. The van der Waals surface area contributed by atoms with Gasteiger partial charge >= 0.3 is 0 Å². The van der Waals surface area contributed by atoms with E-state index in [0.29, 0.717) is 0 Å². The smallest absolute Gasteiger partial charge is 0.0450 e. The summed E-state index contributed by atoms with van der Waals surface area (Å²) in [6.07, 6.45) is 2.71. The predicted octanol–water partition coefficient (Wildman–Crippen LogP) is 1.53. The third kappa shape index (κ3) is 1.10. The van der Waals surface area contributed by atoms with Crippen molar-refractivity contribution in [3.8, 4) is 0 Å². The molecule has 2 heteroatoms. The van der Waals surface area contributed by atoms with Crippen molar-refractivity contribution in [3.05, 3.63) is 23.5 Å². The molecule has 2 nitrogen and oxygen atoms in total. The summed E-state index contributed by atoms with van der Waals surface area (Å²) in [6, 6.07) is 1.83. The summed E-state index contributed by atoms with van der Waals surface area (Å²) in [5.41, 5.74) is 8.71. The van der Waals surface area contributed by atoms with Crippen LogP contribution in [0.15, 0.2) is 12.3 Å². The van der Waals surface area contributed by atoms with Crippen LogP contribution in [0.1, 0.15) is 18.2 Å². The molecule has 0 aliphatic heterocycles. The van der Waals surface area contributed by atoms with Gasteiger partial charge < -0.3 is 5.73 Å². The van der Waals surface area contributed by atoms with Crippen molar-refractivity contribution < 1.29 is 0 Å². The summed E-state index contributed by atoms with van der Waals surface area (Å²) >= 11 is 0. The minimum absolute atomic E-state index is 0.840. The zero-order valence-electron chi connectivity index (χ0n) is 6.39. The van der Waals surface area contributed by atoms with E-state index >= 15 is 0 Å². The number of hydrogen-bond acceptors (Lipinski definition) is 2. The molecule has 0 saturated heterocycles. The molecule has 0 radical (unpaired) electrons. The van der Waals surface area contributed by atoms with Gasteiger partial charge in [-0.1, -0.05) is 6.92 Å². The minimum Gasteiger partial charge on any atom is -0.398 e. The molecule has 10 heavy (non-hydrogen) atoms. The molecule has 0 atom stereocenters. The number of anilines is 1. The molecule has 1 heterocycles. The Kier molecular flexibility index (Phi) is 1.90. The largest absolute Gasteiger partial charge is 0.398 e. The van der Waals surface area contributed by atoms with Crippen LogP contribution in [-0.2, 0) is 6.42 Å². The molecule has 1 aromatic heterocycles. The number of nitrogens with zero attached hydrogens (tertiary/aromatic N) is 1. The summed E-state index contributed by atoms with van der Waals surface area (Å²) in [4.78, 5) is 4.18. The first-order valence-electron chi connectivity index (χ1n) is 3.45. The fourth-order valence-corrected chi connectivity index (χ4v) is 0.952. The number of aromatic nitrogens is 1. The zero-order chi connectivity index (χ0) is 7.56. The van der Waals surface area contributed by atoms with Crippen LogP contribution in [0.2, 0.25) is 0 Å². The number of aryl methyl sites for hydroxylation is 1. The first kappa shape index (κ1) is 7.06. The fourth-order valence-electron chi connectivity index (χ4n) is 0.952. The van der Waals surface area contributed by atoms with Crippen LogP contribution < -0.4 is 5.73 Å². The van der Waals surface area contributed by atoms with Crippen LogP contribution in [0.5, 0.6) is 0 Å². The Morgan fingerprint density at radius 3 is 2.80 bits per heavy atom. The van der Waals surface area contributed by atoms with Crippen molar-refractivity contribution in [2.45, 2.75) is 20.3 Å². The molecule has 0 saturated carbocycles. The van der Waals surface area contributed by atoms with E-state index < -0.39 is 0 Å². The lowest BCUT2D eigenvalue weighted by Gasteiger charge is -2.02. The van der Waals surface area contributed by atoms with Crippen LogP contribution in [0.25, 0.3) is 0 Å². The molecule has 0 bridgehead atoms. The van der Waals surface area contributed by atoms with Gasteiger partial charge in [0.1, 0.15) is 0 Å². The molecule has 54 valence electrons. The van der Waals surface area contributed by atoms with Gasteiger partial charge in [-0.15, -0.1) is 0 Å². The Morgan fingerprint density at radius 2 is 2.30 bits per heavy atom. The molecule has 0 aromatic carbocycles. The van der Waals surface area contributed by atoms with E-state index in [4.69, 9.17) is 5.73 Å². The Balaban J connectivity index is 3.14. The lowest BCUT2D eigenvalue weighted by atomic mass is 10.1. The summed E-state index contributed by atoms with van der Waals surface area (Å²) in [5.74, 6) is 0. The maximum atomic E-state index is 5.66. The van der Waals surface area contributed by atoms with E-state index in [0.717, 1.165) is 23.4 Å². The van der Waals surface area contributed by atoms with Gasteiger partial charge in [0.15, 0.2) is 0 Å². The van der Waals surface area contributed by atoms with E-state index in [1.165, 1.54) is 0 Å². The molecule has 0 fully saturated rings. The van der Waals surface area contributed by atoms with Crippen molar-refractivity contribution in [3.63, 3.8) is 0 Å². The van der Waals surface area contributed by atoms with Crippen LogP contribution in [0.3, 0.4) is 0 Å². The maximum absolute atomic E-state index is 5.66.